The van der Waals surface area contributed by atoms with Crippen molar-refractivity contribution in [1.29, 1.82) is 5.26 Å². The van der Waals surface area contributed by atoms with E-state index in [0.717, 1.165) is 40.1 Å². The van der Waals surface area contributed by atoms with Gasteiger partial charge in [-0.3, -0.25) is 4.79 Å². The summed E-state index contributed by atoms with van der Waals surface area (Å²) < 4.78 is 7.50. The van der Waals surface area contributed by atoms with Crippen LogP contribution in [-0.2, 0) is 12.8 Å². The van der Waals surface area contributed by atoms with E-state index in [1.54, 1.807) is 13.8 Å². The molecule has 0 aliphatic carbocycles. The number of benzene rings is 3. The van der Waals surface area contributed by atoms with Crippen LogP contribution in [-0.4, -0.2) is 31.9 Å². The average molecular weight is 533 g/mol. The average Bonchev–Trinajstić information content (AvgIpc) is 3.38. The minimum atomic E-state index is -0.917. The summed E-state index contributed by atoms with van der Waals surface area (Å²) in [4.78, 5) is 16.3. The lowest BCUT2D eigenvalue weighted by atomic mass is 9.95. The van der Waals surface area contributed by atoms with Gasteiger partial charge in [-0.1, -0.05) is 55.8 Å². The van der Waals surface area contributed by atoms with Gasteiger partial charge in [0, 0.05) is 23.6 Å². The number of hydrogen-bond acceptors (Lipinski definition) is 5. The van der Waals surface area contributed by atoms with Crippen LogP contribution in [0, 0.1) is 11.3 Å². The Morgan fingerprint density at radius 2 is 1.77 bits per heavy atom. The van der Waals surface area contributed by atoms with Gasteiger partial charge in [-0.25, -0.2) is 4.52 Å². The molecule has 7 heteroatoms. The smallest absolute Gasteiger partial charge is 0.254 e. The molecular formula is C33H32N4O3. The summed E-state index contributed by atoms with van der Waals surface area (Å²) >= 11 is 0. The van der Waals surface area contributed by atoms with Crippen LogP contribution in [0.3, 0.4) is 0 Å². The molecule has 202 valence electrons. The fraction of sp³-hybridized carbons (Fsp3) is 0.242. The zero-order chi connectivity index (χ0) is 28.3. The Hall–Kier alpha value is -4.67. The minimum absolute atomic E-state index is 0.150. The Morgan fingerprint density at radius 3 is 2.45 bits per heavy atom. The van der Waals surface area contributed by atoms with E-state index in [4.69, 9.17) is 9.84 Å². The van der Waals surface area contributed by atoms with E-state index in [0.29, 0.717) is 35.4 Å². The van der Waals surface area contributed by atoms with Crippen molar-refractivity contribution in [3.8, 4) is 34.2 Å². The highest BCUT2D eigenvalue weighted by Crippen LogP contribution is 2.27. The minimum Gasteiger partial charge on any atom is -0.491 e. The fourth-order valence-corrected chi connectivity index (χ4v) is 4.79. The van der Waals surface area contributed by atoms with Crippen LogP contribution >= 0.6 is 0 Å². The molecule has 0 aliphatic heterocycles. The first kappa shape index (κ1) is 26.9. The van der Waals surface area contributed by atoms with Crippen LogP contribution in [0.5, 0.6) is 5.75 Å². The lowest BCUT2D eigenvalue weighted by Gasteiger charge is -2.17. The molecule has 2 N–H and O–H groups in total. The predicted octanol–water partition coefficient (Wildman–Crippen LogP) is 5.92. The molecular weight excluding hydrogens is 500 g/mol. The van der Waals surface area contributed by atoms with Crippen molar-refractivity contribution in [2.24, 2.45) is 0 Å². The highest BCUT2D eigenvalue weighted by Gasteiger charge is 2.17. The lowest BCUT2D eigenvalue weighted by Crippen LogP contribution is -2.27. The van der Waals surface area contributed by atoms with Crippen molar-refractivity contribution in [1.82, 2.24) is 14.6 Å². The quantitative estimate of drug-likeness (QED) is 0.245. The SMILES string of the molecule is CCCc1c(Cc2ccc(-c3ccccc3)c(C#N)c2)c(=O)[nH]c2cc(-c3ccc(OCC(C)(C)O)cc3)nn12. The van der Waals surface area contributed by atoms with Gasteiger partial charge in [0.15, 0.2) is 0 Å². The number of aliphatic hydroxyl groups is 1. The highest BCUT2D eigenvalue weighted by atomic mass is 16.5. The Bertz CT molecular complexity index is 1740. The Morgan fingerprint density at radius 1 is 1.02 bits per heavy atom. The molecule has 0 saturated carbocycles. The molecule has 0 amide bonds. The van der Waals surface area contributed by atoms with Crippen LogP contribution in [0.25, 0.3) is 28.0 Å². The highest BCUT2D eigenvalue weighted by molar-refractivity contribution is 5.71. The van der Waals surface area contributed by atoms with Crippen molar-refractivity contribution < 1.29 is 9.84 Å². The van der Waals surface area contributed by atoms with Gasteiger partial charge in [0.25, 0.3) is 5.56 Å². The Kier molecular flexibility index (Phi) is 7.54. The third-order valence-corrected chi connectivity index (χ3v) is 6.73. The van der Waals surface area contributed by atoms with Crippen LogP contribution in [0.1, 0.15) is 49.6 Å². The molecule has 3 aromatic carbocycles. The first-order valence-corrected chi connectivity index (χ1v) is 13.4. The summed E-state index contributed by atoms with van der Waals surface area (Å²) in [5.74, 6) is 0.659. The lowest BCUT2D eigenvalue weighted by molar-refractivity contribution is 0.0285. The Labute approximate surface area is 233 Å². The predicted molar refractivity (Wildman–Crippen MR) is 156 cm³/mol. The van der Waals surface area contributed by atoms with Crippen LogP contribution in [0.2, 0.25) is 0 Å². The van der Waals surface area contributed by atoms with Gasteiger partial charge in [0.1, 0.15) is 18.0 Å². The van der Waals surface area contributed by atoms with E-state index in [1.807, 2.05) is 83.4 Å². The number of aryl methyl sites for hydroxylation is 1. The van der Waals surface area contributed by atoms with Gasteiger partial charge in [0.05, 0.1) is 28.6 Å². The molecule has 5 rings (SSSR count). The number of nitrogens with zero attached hydrogens (tertiary/aromatic N) is 3. The van der Waals surface area contributed by atoms with Crippen molar-refractivity contribution in [3.63, 3.8) is 0 Å². The van der Waals surface area contributed by atoms with Crippen LogP contribution < -0.4 is 10.3 Å². The number of nitrogens with one attached hydrogen (secondary N) is 1. The number of rotatable bonds is 9. The third kappa shape index (κ3) is 5.83. The van der Waals surface area contributed by atoms with E-state index in [1.165, 1.54) is 0 Å². The molecule has 0 radical (unpaired) electrons. The fourth-order valence-electron chi connectivity index (χ4n) is 4.79. The zero-order valence-corrected chi connectivity index (χ0v) is 22.9. The number of ether oxygens (including phenoxy) is 1. The summed E-state index contributed by atoms with van der Waals surface area (Å²) in [6.07, 6.45) is 1.94. The molecule has 0 atom stereocenters. The summed E-state index contributed by atoms with van der Waals surface area (Å²) in [5, 5.41) is 24.6. The Balaban J connectivity index is 1.48. The zero-order valence-electron chi connectivity index (χ0n) is 22.9. The van der Waals surface area contributed by atoms with Gasteiger partial charge < -0.3 is 14.8 Å². The monoisotopic (exact) mass is 532 g/mol. The van der Waals surface area contributed by atoms with Crippen LogP contribution in [0.15, 0.2) is 83.7 Å². The van der Waals surface area contributed by atoms with E-state index in [-0.39, 0.29) is 12.2 Å². The van der Waals surface area contributed by atoms with Crippen molar-refractivity contribution >= 4 is 5.65 Å². The maximum Gasteiger partial charge on any atom is 0.254 e. The van der Waals surface area contributed by atoms with Crippen molar-refractivity contribution in [2.45, 2.75) is 45.6 Å². The van der Waals surface area contributed by atoms with E-state index >= 15 is 0 Å². The second kappa shape index (κ2) is 11.2. The molecule has 0 bridgehead atoms. The maximum absolute atomic E-state index is 13.3. The van der Waals surface area contributed by atoms with Gasteiger partial charge in [-0.05, 0) is 67.3 Å². The van der Waals surface area contributed by atoms with Gasteiger partial charge >= 0.3 is 0 Å². The summed E-state index contributed by atoms with van der Waals surface area (Å²) in [5.41, 5.74) is 6.03. The van der Waals surface area contributed by atoms with Crippen molar-refractivity contribution in [2.75, 3.05) is 6.61 Å². The standard InChI is InChI=1S/C33H32N4O3/c1-4-8-30-28(18-22-11-16-27(25(17-22)20-34)23-9-6-5-7-10-23)32(38)35-31-19-29(36-37(30)31)24-12-14-26(15-13-24)40-21-33(2,3)39/h5-7,9-17,19,39H,4,8,18,21H2,1-3H3,(H,35,38). The van der Waals surface area contributed by atoms with Gasteiger partial charge in [-0.2, -0.15) is 10.4 Å². The number of H-pyrrole nitrogens is 1. The van der Waals surface area contributed by atoms with Gasteiger partial charge in [0.2, 0.25) is 0 Å². The summed E-state index contributed by atoms with van der Waals surface area (Å²) in [7, 11) is 0. The first-order chi connectivity index (χ1) is 19.3. The summed E-state index contributed by atoms with van der Waals surface area (Å²) in [6.45, 7) is 5.66. The topological polar surface area (TPSA) is 103 Å². The molecule has 2 heterocycles. The van der Waals surface area contributed by atoms with E-state index in [2.05, 4.69) is 18.0 Å². The molecule has 2 aromatic heterocycles. The first-order valence-electron chi connectivity index (χ1n) is 13.4. The van der Waals surface area contributed by atoms with Gasteiger partial charge in [-0.15, -0.1) is 0 Å². The molecule has 0 spiro atoms. The van der Waals surface area contributed by atoms with E-state index in [9.17, 15) is 15.2 Å². The molecule has 7 nitrogen and oxygen atoms in total. The van der Waals surface area contributed by atoms with E-state index < -0.39 is 5.60 Å². The molecule has 0 aliphatic rings. The second-order valence-corrected chi connectivity index (χ2v) is 10.6. The second-order valence-electron chi connectivity index (χ2n) is 10.6. The molecule has 0 unspecified atom stereocenters. The normalized spacial score (nSPS) is 11.5. The third-order valence-electron chi connectivity index (χ3n) is 6.73. The number of aromatic amines is 1. The summed E-state index contributed by atoms with van der Waals surface area (Å²) in [6, 6.07) is 27.4. The van der Waals surface area contributed by atoms with Crippen LogP contribution in [0.4, 0.5) is 0 Å². The largest absolute Gasteiger partial charge is 0.491 e. The van der Waals surface area contributed by atoms with Crippen molar-refractivity contribution in [3.05, 3.63) is 112 Å². The molecule has 0 fully saturated rings. The maximum atomic E-state index is 13.3. The molecule has 5 aromatic rings. The molecule has 40 heavy (non-hydrogen) atoms. The number of fused-ring (bicyclic) bond motifs is 1. The number of hydrogen-bond donors (Lipinski definition) is 2. The number of nitriles is 1. The number of aromatic nitrogens is 3. The molecule has 0 saturated heterocycles.